The van der Waals surface area contributed by atoms with Crippen LogP contribution in [0.25, 0.3) is 22.0 Å². The number of aromatic amines is 1. The molecule has 2 atom stereocenters. The summed E-state index contributed by atoms with van der Waals surface area (Å²) in [7, 11) is -13.0. The van der Waals surface area contributed by atoms with E-state index in [1.807, 2.05) is 14.7 Å². The number of benzene rings is 3. The molecule has 32 heteroatoms. The number of sulfonamides is 2. The molecule has 11 N–H and O–H groups in total. The van der Waals surface area contributed by atoms with E-state index in [9.17, 15) is 69.2 Å². The molecule has 1 saturated heterocycles. The first kappa shape index (κ1) is 67.1. The Bertz CT molecular complexity index is 3300. The molecule has 1 fully saturated rings. The summed E-state index contributed by atoms with van der Waals surface area (Å²) in [5.41, 5.74) is 1.93. The number of aryl methyl sites for hydroxylation is 1. The molecule has 0 bridgehead atoms. The summed E-state index contributed by atoms with van der Waals surface area (Å²) in [6.45, 7) is 7.46. The monoisotopic (exact) mass is 1240 g/mol. The number of anilines is 1. The van der Waals surface area contributed by atoms with Crippen LogP contribution in [-0.2, 0) is 55.4 Å². The van der Waals surface area contributed by atoms with Crippen LogP contribution >= 0.6 is 10.9 Å². The second-order valence-corrected chi connectivity index (χ2v) is 25.5. The van der Waals surface area contributed by atoms with Crippen LogP contribution in [0.3, 0.4) is 0 Å². The maximum atomic E-state index is 13.5. The third kappa shape index (κ3) is 22.1. The Kier molecular flexibility index (Phi) is 24.7. The van der Waals surface area contributed by atoms with Crippen molar-refractivity contribution in [2.75, 3.05) is 116 Å². The molecule has 3 amide bonds. The van der Waals surface area contributed by atoms with E-state index in [0.717, 1.165) is 11.9 Å². The number of imidazole rings is 1. The lowest BCUT2D eigenvalue weighted by Crippen LogP contribution is -2.54. The maximum absolute atomic E-state index is 13.5. The van der Waals surface area contributed by atoms with Crippen LogP contribution in [0, 0.1) is 0 Å². The van der Waals surface area contributed by atoms with Gasteiger partial charge in [0.25, 0.3) is 5.91 Å². The van der Waals surface area contributed by atoms with E-state index < -0.39 is 79.0 Å². The van der Waals surface area contributed by atoms with Crippen molar-refractivity contribution in [3.63, 3.8) is 0 Å². The highest BCUT2D eigenvalue weighted by Crippen LogP contribution is 2.33. The number of fused-ring (bicyclic) bond motifs is 1. The van der Waals surface area contributed by atoms with Gasteiger partial charge >= 0.3 is 5.97 Å². The molecule has 5 aromatic rings. The number of Topliss-reactive ketones (excluding diaryl/α,β-unsaturated/α-hetero) is 3. The largest absolute Gasteiger partial charge is 0.480 e. The average Bonchev–Trinajstić information content (AvgIpc) is 4.01. The zero-order valence-corrected chi connectivity index (χ0v) is 49.8. The topological polar surface area (TPSA) is 400 Å². The standard InChI is InChI=1S/C53H74N14O15S3/c1-37(68)32-63-21-23-64(33-38(2)69)25-27-66(28-26-65(24-22-63)34-39(3)70)35-49(71)61-47(36-83(76,77)78)51(73)54-18-19-60-84(79,80)44-10-5-40(6-11-44)41-7-12-45(13-8-41)85(81,82)62-46(52(74)75)31-58-50(72)42-9-14-48-43(29-42)30-59-67(48)20-4-15-55-53-56-16-17-57-53/h5-14,16-17,29-30,46-47,60,62,76-78H,4,15,18-28,31-36H2,1-3H3,(H,54,73)(H,58,72)(H,61,71)(H,74,75)(H2,55,56,57)/t46-,47-/m0/s1. The number of hydrogen-bond donors (Lipinski definition) is 11. The molecule has 2 aromatic heterocycles. The zero-order chi connectivity index (χ0) is 61.9. The van der Waals surface area contributed by atoms with Crippen LogP contribution in [0.1, 0.15) is 37.6 Å². The maximum Gasteiger partial charge on any atom is 0.323 e. The predicted molar refractivity (Wildman–Crippen MR) is 316 cm³/mol. The minimum absolute atomic E-state index is 0.0299. The molecular weight excluding hydrogens is 1170 g/mol. The number of hydrogen-bond acceptors (Lipinski definition) is 21. The van der Waals surface area contributed by atoms with E-state index in [2.05, 4.69) is 45.8 Å². The Hall–Kier alpha value is -7.08. The number of H-pyrrole nitrogens is 1. The fraction of sp³-hybridized carbons (Fsp3) is 0.453. The number of carbonyl (C=O) groups is 7. The minimum Gasteiger partial charge on any atom is -0.480 e. The fourth-order valence-electron chi connectivity index (χ4n) is 9.17. The van der Waals surface area contributed by atoms with Gasteiger partial charge in [0, 0.05) is 108 Å². The van der Waals surface area contributed by atoms with Gasteiger partial charge in [0.1, 0.15) is 29.4 Å². The van der Waals surface area contributed by atoms with Crippen molar-refractivity contribution in [1.82, 2.24) is 64.7 Å². The molecule has 1 aliphatic rings. The molecular formula is C53H74N14O15S3. The Labute approximate surface area is 493 Å². The highest BCUT2D eigenvalue weighted by molar-refractivity contribution is 8.19. The van der Waals surface area contributed by atoms with Crippen LogP contribution in [0.15, 0.2) is 95.1 Å². The summed E-state index contributed by atoms with van der Waals surface area (Å²) in [6, 6.07) is 12.2. The second-order valence-electron chi connectivity index (χ2n) is 20.4. The Morgan fingerprint density at radius 2 is 1.18 bits per heavy atom. The first-order chi connectivity index (χ1) is 40.2. The lowest BCUT2D eigenvalue weighted by Gasteiger charge is -2.33. The highest BCUT2D eigenvalue weighted by atomic mass is 32.3. The molecule has 85 heavy (non-hydrogen) atoms. The normalized spacial score (nSPS) is 15.6. The average molecular weight is 1240 g/mol. The second kappa shape index (κ2) is 31.4. The molecule has 1 aliphatic heterocycles. The lowest BCUT2D eigenvalue weighted by molar-refractivity contribution is -0.138. The SMILES string of the molecule is CC(=O)CN1CCN(CC(C)=O)CCN(CC(=O)N[C@@H](CS(O)(O)O)C(=O)NCCNS(=O)(=O)c2ccc(-c3ccc(S(=O)(=O)N[C@@H](CNC(=O)c4ccc5c(cnn5CCCNc5ncc[nH]5)c4)C(=O)O)cc3)cc2)CCN(CC(C)=O)CC1. The van der Waals surface area contributed by atoms with Crippen molar-refractivity contribution in [2.24, 2.45) is 0 Å². The Morgan fingerprint density at radius 3 is 1.67 bits per heavy atom. The molecule has 29 nitrogen and oxygen atoms in total. The molecule has 0 aliphatic carbocycles. The van der Waals surface area contributed by atoms with Gasteiger partial charge in [0.05, 0.1) is 64.3 Å². The van der Waals surface area contributed by atoms with E-state index in [-0.39, 0.29) is 85.1 Å². The number of rotatable bonds is 30. The quantitative estimate of drug-likeness (QED) is 0.0273. The van der Waals surface area contributed by atoms with Gasteiger partial charge in [-0.25, -0.2) is 26.5 Å². The first-order valence-electron chi connectivity index (χ1n) is 27.1. The number of aromatic nitrogens is 4. The van der Waals surface area contributed by atoms with E-state index in [1.54, 1.807) is 46.4 Å². The number of ketones is 3. The van der Waals surface area contributed by atoms with Crippen molar-refractivity contribution >= 4 is 88.8 Å². The number of carbonyl (C=O) groups excluding carboxylic acids is 6. The number of amides is 3. The van der Waals surface area contributed by atoms with Gasteiger partial charge in [-0.3, -0.25) is 57.8 Å². The zero-order valence-electron chi connectivity index (χ0n) is 47.3. The number of nitrogens with zero attached hydrogens (tertiary/aromatic N) is 7. The van der Waals surface area contributed by atoms with Gasteiger partial charge < -0.3 is 45.0 Å². The van der Waals surface area contributed by atoms with Gasteiger partial charge in [-0.05, 0) is 80.8 Å². The van der Waals surface area contributed by atoms with Crippen molar-refractivity contribution < 1.29 is 69.2 Å². The van der Waals surface area contributed by atoms with Crippen LogP contribution in [0.5, 0.6) is 0 Å². The molecule has 464 valence electrons. The Morgan fingerprint density at radius 1 is 0.647 bits per heavy atom. The van der Waals surface area contributed by atoms with Gasteiger partial charge in [-0.2, -0.15) is 9.82 Å². The molecule has 6 rings (SSSR count). The lowest BCUT2D eigenvalue weighted by atomic mass is 10.1. The summed E-state index contributed by atoms with van der Waals surface area (Å²) >= 11 is 0. The first-order valence-corrected chi connectivity index (χ1v) is 31.7. The van der Waals surface area contributed by atoms with Crippen molar-refractivity contribution in [3.05, 3.63) is 90.9 Å². The summed E-state index contributed by atoms with van der Waals surface area (Å²) in [5, 5.41) is 25.5. The van der Waals surface area contributed by atoms with Gasteiger partial charge in [-0.1, -0.05) is 24.3 Å². The Balaban J connectivity index is 0.980. The molecule has 0 spiro atoms. The van der Waals surface area contributed by atoms with Crippen LogP contribution in [0.4, 0.5) is 5.95 Å². The molecule has 3 aromatic carbocycles. The van der Waals surface area contributed by atoms with E-state index >= 15 is 0 Å². The smallest absolute Gasteiger partial charge is 0.323 e. The molecule has 3 heterocycles. The van der Waals surface area contributed by atoms with E-state index in [0.29, 0.717) is 74.8 Å². The van der Waals surface area contributed by atoms with Crippen LogP contribution in [0.2, 0.25) is 0 Å². The van der Waals surface area contributed by atoms with Gasteiger partial charge in [0.2, 0.25) is 31.9 Å². The molecule has 0 radical (unpaired) electrons. The predicted octanol–water partition coefficient (Wildman–Crippen LogP) is 0.182. The molecule has 0 saturated carbocycles. The van der Waals surface area contributed by atoms with Crippen molar-refractivity contribution in [3.8, 4) is 11.1 Å². The number of carboxylic acids is 1. The number of carboxylic acid groups (broad SMARTS) is 1. The summed E-state index contributed by atoms with van der Waals surface area (Å²) in [5.74, 6) is -4.41. The van der Waals surface area contributed by atoms with Crippen LogP contribution in [-0.4, -0.2) is 239 Å². The van der Waals surface area contributed by atoms with Crippen molar-refractivity contribution in [2.45, 2.75) is 55.6 Å². The van der Waals surface area contributed by atoms with Gasteiger partial charge in [0.15, 0.2) is 5.95 Å². The highest BCUT2D eigenvalue weighted by Gasteiger charge is 2.30. The number of nitrogens with one attached hydrogen (secondary N) is 7. The van der Waals surface area contributed by atoms with Gasteiger partial charge in [-0.15, -0.1) is 0 Å². The van der Waals surface area contributed by atoms with Crippen LogP contribution < -0.4 is 30.7 Å². The summed E-state index contributed by atoms with van der Waals surface area (Å²) in [4.78, 5) is 103. The minimum atomic E-state index is -4.45. The third-order valence-electron chi connectivity index (χ3n) is 13.4. The fourth-order valence-corrected chi connectivity index (χ4v) is 12.1. The number of aliphatic carboxylic acids is 1. The summed E-state index contributed by atoms with van der Waals surface area (Å²) in [6.07, 6.45) is 5.69. The van der Waals surface area contributed by atoms with E-state index in [4.69, 9.17) is 0 Å². The van der Waals surface area contributed by atoms with Crippen molar-refractivity contribution in [1.29, 1.82) is 0 Å². The summed E-state index contributed by atoms with van der Waals surface area (Å²) < 4.78 is 89.3. The van der Waals surface area contributed by atoms with E-state index in [1.165, 1.54) is 69.3 Å². The third-order valence-corrected chi connectivity index (χ3v) is 17.1. The molecule has 0 unspecified atom stereocenters.